The Bertz CT molecular complexity index is 563. The molecule has 0 saturated carbocycles. The van der Waals surface area contributed by atoms with Crippen molar-refractivity contribution in [2.45, 2.75) is 31.3 Å². The van der Waals surface area contributed by atoms with Gasteiger partial charge in [0.15, 0.2) is 9.84 Å². The summed E-state index contributed by atoms with van der Waals surface area (Å²) < 4.78 is 31.0. The Hall–Kier alpha value is -0.920. The van der Waals surface area contributed by atoms with Gasteiger partial charge in [0.25, 0.3) is 0 Å². The van der Waals surface area contributed by atoms with Crippen LogP contribution in [0.2, 0.25) is 0 Å². The van der Waals surface area contributed by atoms with Gasteiger partial charge >= 0.3 is 0 Å². The van der Waals surface area contributed by atoms with Crippen LogP contribution in [0.3, 0.4) is 0 Å². The van der Waals surface area contributed by atoms with Crippen molar-refractivity contribution in [3.05, 3.63) is 18.2 Å². The Kier molecular flexibility index (Phi) is 3.83. The minimum atomic E-state index is -2.93. The molecule has 0 amide bonds. The monoisotopic (exact) mass is 299 g/mol. The van der Waals surface area contributed by atoms with Crippen LogP contribution in [-0.2, 0) is 14.6 Å². The summed E-state index contributed by atoms with van der Waals surface area (Å²) in [5.41, 5.74) is 7.26. The normalized spacial score (nSPS) is 31.2. The SMILES string of the molecule is NC(c1cncn1C1CCCS(=O)(=O)C1)C1CCOC1. The van der Waals surface area contributed by atoms with Crippen molar-refractivity contribution in [2.75, 3.05) is 24.7 Å². The Morgan fingerprint density at radius 2 is 2.30 bits per heavy atom. The third kappa shape index (κ3) is 2.75. The molecule has 1 aromatic rings. The molecule has 3 atom stereocenters. The summed E-state index contributed by atoms with van der Waals surface area (Å²) in [6.45, 7) is 1.43. The van der Waals surface area contributed by atoms with Crippen molar-refractivity contribution in [3.63, 3.8) is 0 Å². The lowest BCUT2D eigenvalue weighted by Gasteiger charge is -2.27. The summed E-state index contributed by atoms with van der Waals surface area (Å²) in [5.74, 6) is 0.797. The van der Waals surface area contributed by atoms with Crippen LogP contribution in [0.4, 0.5) is 0 Å². The van der Waals surface area contributed by atoms with E-state index in [2.05, 4.69) is 4.98 Å². The summed E-state index contributed by atoms with van der Waals surface area (Å²) in [4.78, 5) is 4.18. The fourth-order valence-corrected chi connectivity index (χ4v) is 4.86. The molecule has 20 heavy (non-hydrogen) atoms. The van der Waals surface area contributed by atoms with Gasteiger partial charge in [-0.05, 0) is 19.3 Å². The summed E-state index contributed by atoms with van der Waals surface area (Å²) in [6.07, 6.45) is 6.03. The molecule has 7 heteroatoms. The minimum absolute atomic E-state index is 0.0281. The number of rotatable bonds is 3. The lowest BCUT2D eigenvalue weighted by Crippen LogP contribution is -2.31. The van der Waals surface area contributed by atoms with Crippen molar-refractivity contribution in [3.8, 4) is 0 Å². The van der Waals surface area contributed by atoms with Gasteiger partial charge in [0, 0.05) is 24.8 Å². The number of nitrogens with zero attached hydrogens (tertiary/aromatic N) is 2. The number of hydrogen-bond donors (Lipinski definition) is 1. The van der Waals surface area contributed by atoms with Gasteiger partial charge in [-0.25, -0.2) is 13.4 Å². The largest absolute Gasteiger partial charge is 0.381 e. The maximum absolute atomic E-state index is 11.8. The third-order valence-corrected chi connectivity index (χ3v) is 6.15. The molecule has 2 saturated heterocycles. The molecule has 2 aliphatic heterocycles. The first kappa shape index (κ1) is 14.0. The van der Waals surface area contributed by atoms with Crippen molar-refractivity contribution < 1.29 is 13.2 Å². The molecule has 3 unspecified atom stereocenters. The van der Waals surface area contributed by atoms with Gasteiger partial charge in [-0.2, -0.15) is 0 Å². The first-order valence-corrected chi connectivity index (χ1v) is 8.94. The second kappa shape index (κ2) is 5.46. The second-order valence-corrected chi connectivity index (χ2v) is 8.01. The van der Waals surface area contributed by atoms with Crippen LogP contribution in [0.5, 0.6) is 0 Å². The van der Waals surface area contributed by atoms with E-state index in [-0.39, 0.29) is 17.8 Å². The van der Waals surface area contributed by atoms with Gasteiger partial charge in [-0.15, -0.1) is 0 Å². The molecule has 3 heterocycles. The summed E-state index contributed by atoms with van der Waals surface area (Å²) in [6, 6.07) is -0.163. The quantitative estimate of drug-likeness (QED) is 0.886. The molecule has 1 aromatic heterocycles. The Balaban J connectivity index is 1.82. The van der Waals surface area contributed by atoms with Crippen molar-refractivity contribution in [1.29, 1.82) is 0 Å². The van der Waals surface area contributed by atoms with E-state index in [4.69, 9.17) is 10.5 Å². The van der Waals surface area contributed by atoms with Crippen LogP contribution in [0.1, 0.15) is 37.0 Å². The highest BCUT2D eigenvalue weighted by molar-refractivity contribution is 7.91. The number of aromatic nitrogens is 2. The van der Waals surface area contributed by atoms with Gasteiger partial charge in [0.2, 0.25) is 0 Å². The van der Waals surface area contributed by atoms with E-state index < -0.39 is 9.84 Å². The second-order valence-electron chi connectivity index (χ2n) is 5.79. The highest BCUT2D eigenvalue weighted by Crippen LogP contribution is 2.31. The standard InChI is InChI=1S/C13H21N3O3S/c14-13(10-3-4-19-7-10)12-6-15-9-16(12)11-2-1-5-20(17,18)8-11/h6,9-11,13H,1-5,7-8,14H2. The Labute approximate surface area is 119 Å². The van der Waals surface area contributed by atoms with Crippen molar-refractivity contribution in [2.24, 2.45) is 11.7 Å². The molecule has 2 aliphatic rings. The van der Waals surface area contributed by atoms with Gasteiger partial charge < -0.3 is 15.0 Å². The molecule has 3 rings (SSSR count). The van der Waals surface area contributed by atoms with E-state index in [1.807, 2.05) is 4.57 Å². The molecule has 0 aliphatic carbocycles. The van der Waals surface area contributed by atoms with Gasteiger partial charge in [0.05, 0.1) is 36.2 Å². The number of sulfone groups is 1. The highest BCUT2D eigenvalue weighted by Gasteiger charge is 2.31. The first-order chi connectivity index (χ1) is 9.57. The van der Waals surface area contributed by atoms with Gasteiger partial charge in [0.1, 0.15) is 0 Å². The van der Waals surface area contributed by atoms with Gasteiger partial charge in [-0.3, -0.25) is 0 Å². The summed E-state index contributed by atoms with van der Waals surface area (Å²) >= 11 is 0. The molecular formula is C13H21N3O3S. The molecule has 0 radical (unpaired) electrons. The Morgan fingerprint density at radius 1 is 1.45 bits per heavy atom. The lowest BCUT2D eigenvalue weighted by molar-refractivity contribution is 0.180. The van der Waals surface area contributed by atoms with E-state index in [1.54, 1.807) is 12.5 Å². The zero-order chi connectivity index (χ0) is 14.2. The Morgan fingerprint density at radius 3 is 3.00 bits per heavy atom. The predicted molar refractivity (Wildman–Crippen MR) is 75.0 cm³/mol. The van der Waals surface area contributed by atoms with E-state index in [0.29, 0.717) is 24.7 Å². The summed E-state index contributed by atoms with van der Waals surface area (Å²) in [5, 5.41) is 0. The van der Waals surface area contributed by atoms with E-state index in [1.165, 1.54) is 0 Å². The smallest absolute Gasteiger partial charge is 0.152 e. The zero-order valence-corrected chi connectivity index (χ0v) is 12.3. The average Bonchev–Trinajstić information content (AvgIpc) is 3.08. The molecule has 0 aromatic carbocycles. The minimum Gasteiger partial charge on any atom is -0.381 e. The molecule has 2 fully saturated rings. The molecule has 0 bridgehead atoms. The van der Waals surface area contributed by atoms with Crippen LogP contribution in [-0.4, -0.2) is 42.7 Å². The van der Waals surface area contributed by atoms with Crippen LogP contribution < -0.4 is 5.73 Å². The van der Waals surface area contributed by atoms with Crippen LogP contribution >= 0.6 is 0 Å². The summed E-state index contributed by atoms with van der Waals surface area (Å²) in [7, 11) is -2.93. The van der Waals surface area contributed by atoms with Crippen LogP contribution in [0.25, 0.3) is 0 Å². The van der Waals surface area contributed by atoms with Gasteiger partial charge in [-0.1, -0.05) is 0 Å². The average molecular weight is 299 g/mol. The van der Waals surface area contributed by atoms with Crippen LogP contribution in [0.15, 0.2) is 12.5 Å². The number of hydrogen-bond acceptors (Lipinski definition) is 5. The lowest BCUT2D eigenvalue weighted by atomic mass is 9.97. The van der Waals surface area contributed by atoms with E-state index in [0.717, 1.165) is 25.1 Å². The first-order valence-electron chi connectivity index (χ1n) is 7.12. The maximum Gasteiger partial charge on any atom is 0.152 e. The number of ether oxygens (including phenoxy) is 1. The fraction of sp³-hybridized carbons (Fsp3) is 0.769. The molecule has 112 valence electrons. The van der Waals surface area contributed by atoms with Crippen molar-refractivity contribution >= 4 is 9.84 Å². The molecule has 0 spiro atoms. The number of nitrogens with two attached hydrogens (primary N) is 1. The fourth-order valence-electron chi connectivity index (χ4n) is 3.17. The predicted octanol–water partition coefficient (Wildman–Crippen LogP) is 0.669. The van der Waals surface area contributed by atoms with E-state index in [9.17, 15) is 8.42 Å². The van der Waals surface area contributed by atoms with E-state index >= 15 is 0 Å². The molecular weight excluding hydrogens is 278 g/mol. The van der Waals surface area contributed by atoms with Crippen molar-refractivity contribution in [1.82, 2.24) is 9.55 Å². The molecule has 6 nitrogen and oxygen atoms in total. The highest BCUT2D eigenvalue weighted by atomic mass is 32.2. The zero-order valence-electron chi connectivity index (χ0n) is 11.4. The third-order valence-electron chi connectivity index (χ3n) is 4.34. The number of imidazole rings is 1. The molecule has 2 N–H and O–H groups in total. The maximum atomic E-state index is 11.8. The topological polar surface area (TPSA) is 87.2 Å². The van der Waals surface area contributed by atoms with Crippen LogP contribution in [0, 0.1) is 5.92 Å².